The number of rotatable bonds is 4. The van der Waals surface area contributed by atoms with E-state index in [0.29, 0.717) is 12.1 Å². The highest BCUT2D eigenvalue weighted by atomic mass is 16.1. The molecule has 0 radical (unpaired) electrons. The minimum atomic E-state index is -0.149. The lowest BCUT2D eigenvalue weighted by molar-refractivity contribution is 0.0950. The van der Waals surface area contributed by atoms with Crippen LogP contribution in [0, 0.1) is 0 Å². The summed E-state index contributed by atoms with van der Waals surface area (Å²) in [7, 11) is 0. The Kier molecular flexibility index (Phi) is 4.52. The van der Waals surface area contributed by atoms with E-state index in [9.17, 15) is 4.79 Å². The van der Waals surface area contributed by atoms with Crippen LogP contribution in [0.15, 0.2) is 43.0 Å². The first-order valence-corrected chi connectivity index (χ1v) is 6.84. The predicted molar refractivity (Wildman–Crippen MR) is 83.0 cm³/mol. The fourth-order valence-corrected chi connectivity index (χ4v) is 1.85. The molecule has 0 aliphatic rings. The Hall–Kier alpha value is -2.43. The molecule has 1 amide bonds. The molecule has 0 saturated heterocycles. The molecule has 0 bridgehead atoms. The summed E-state index contributed by atoms with van der Waals surface area (Å²) in [6, 6.07) is 5.57. The average Bonchev–Trinajstić information content (AvgIpc) is 2.44. The Morgan fingerprint density at radius 1 is 1.19 bits per heavy atom. The number of carbonyl (C=O) groups is 1. The minimum absolute atomic E-state index is 0.0769. The van der Waals surface area contributed by atoms with E-state index in [-0.39, 0.29) is 11.4 Å². The Balaban J connectivity index is 2.01. The van der Waals surface area contributed by atoms with Crippen molar-refractivity contribution in [1.29, 1.82) is 0 Å². The summed E-state index contributed by atoms with van der Waals surface area (Å²) in [6.07, 6.45) is 6.71. The van der Waals surface area contributed by atoms with Gasteiger partial charge in [0.15, 0.2) is 0 Å². The third kappa shape index (κ3) is 4.87. The third-order valence-electron chi connectivity index (χ3n) is 2.70. The first-order valence-electron chi connectivity index (χ1n) is 6.84. The zero-order valence-electron chi connectivity index (χ0n) is 12.6. The monoisotopic (exact) mass is 284 g/mol. The maximum Gasteiger partial charge on any atom is 0.253 e. The van der Waals surface area contributed by atoms with Crippen molar-refractivity contribution in [2.75, 3.05) is 5.32 Å². The van der Waals surface area contributed by atoms with Gasteiger partial charge in [-0.2, -0.15) is 0 Å². The van der Waals surface area contributed by atoms with Crippen LogP contribution in [0.4, 0.5) is 5.69 Å². The molecular formula is C16H20N4O. The molecule has 0 spiro atoms. The van der Waals surface area contributed by atoms with Crippen LogP contribution in [0.1, 0.15) is 36.7 Å². The summed E-state index contributed by atoms with van der Waals surface area (Å²) in [4.78, 5) is 20.3. The van der Waals surface area contributed by atoms with Gasteiger partial charge in [-0.3, -0.25) is 14.8 Å². The van der Waals surface area contributed by atoms with Crippen LogP contribution < -0.4 is 10.6 Å². The average molecular weight is 284 g/mol. The number of anilines is 1. The number of nitrogens with zero attached hydrogens (tertiary/aromatic N) is 2. The van der Waals surface area contributed by atoms with E-state index < -0.39 is 0 Å². The summed E-state index contributed by atoms with van der Waals surface area (Å²) in [5.41, 5.74) is 2.25. The Morgan fingerprint density at radius 2 is 2.00 bits per heavy atom. The van der Waals surface area contributed by atoms with Crippen molar-refractivity contribution in [3.8, 4) is 0 Å². The lowest BCUT2D eigenvalue weighted by Gasteiger charge is -2.22. The maximum atomic E-state index is 12.1. The van der Waals surface area contributed by atoms with Gasteiger partial charge in [0.25, 0.3) is 5.91 Å². The number of hydrogen-bond acceptors (Lipinski definition) is 4. The molecule has 2 heterocycles. The van der Waals surface area contributed by atoms with Crippen molar-refractivity contribution in [2.24, 2.45) is 0 Å². The van der Waals surface area contributed by atoms with E-state index in [1.54, 1.807) is 30.9 Å². The number of pyridine rings is 2. The van der Waals surface area contributed by atoms with Gasteiger partial charge < -0.3 is 10.6 Å². The van der Waals surface area contributed by atoms with Gasteiger partial charge in [-0.15, -0.1) is 0 Å². The topological polar surface area (TPSA) is 66.9 Å². The summed E-state index contributed by atoms with van der Waals surface area (Å²) >= 11 is 0. The van der Waals surface area contributed by atoms with Crippen LogP contribution in [0.5, 0.6) is 0 Å². The first-order chi connectivity index (χ1) is 9.94. The van der Waals surface area contributed by atoms with Crippen LogP contribution in [-0.2, 0) is 6.54 Å². The van der Waals surface area contributed by atoms with Crippen LogP contribution in [0.25, 0.3) is 0 Å². The Morgan fingerprint density at radius 3 is 2.67 bits per heavy atom. The number of nitrogens with one attached hydrogen (secondary N) is 2. The van der Waals surface area contributed by atoms with Gasteiger partial charge >= 0.3 is 0 Å². The normalized spacial score (nSPS) is 11.0. The summed E-state index contributed by atoms with van der Waals surface area (Å²) in [5.74, 6) is -0.149. The molecule has 0 aliphatic heterocycles. The van der Waals surface area contributed by atoms with Crippen molar-refractivity contribution in [1.82, 2.24) is 15.3 Å². The number of carbonyl (C=O) groups excluding carboxylic acids is 1. The van der Waals surface area contributed by atoms with E-state index in [1.807, 2.05) is 12.1 Å². The maximum absolute atomic E-state index is 12.1. The second kappa shape index (κ2) is 6.35. The summed E-state index contributed by atoms with van der Waals surface area (Å²) in [5, 5.41) is 6.16. The highest BCUT2D eigenvalue weighted by Gasteiger charge is 2.12. The lowest BCUT2D eigenvalue weighted by atomic mass is 10.1. The molecule has 21 heavy (non-hydrogen) atoms. The second-order valence-electron chi connectivity index (χ2n) is 5.88. The summed E-state index contributed by atoms with van der Waals surface area (Å²) in [6.45, 7) is 6.62. The molecule has 2 N–H and O–H groups in total. The number of hydrogen-bond donors (Lipinski definition) is 2. The third-order valence-corrected chi connectivity index (χ3v) is 2.70. The molecule has 0 saturated carbocycles. The largest absolute Gasteiger partial charge is 0.379 e. The minimum Gasteiger partial charge on any atom is -0.379 e. The van der Waals surface area contributed by atoms with Gasteiger partial charge in [-0.05, 0) is 38.5 Å². The molecule has 0 fully saturated rings. The molecule has 0 aromatic carbocycles. The second-order valence-corrected chi connectivity index (χ2v) is 5.88. The molecule has 110 valence electrons. The van der Waals surface area contributed by atoms with Crippen molar-refractivity contribution in [3.63, 3.8) is 0 Å². The molecule has 0 unspecified atom stereocenters. The van der Waals surface area contributed by atoms with Crippen LogP contribution in [-0.4, -0.2) is 21.4 Å². The van der Waals surface area contributed by atoms with Gasteiger partial charge in [0.05, 0.1) is 11.3 Å². The fraction of sp³-hybridized carbons (Fsp3) is 0.312. The van der Waals surface area contributed by atoms with E-state index in [0.717, 1.165) is 11.3 Å². The van der Waals surface area contributed by atoms with Crippen LogP contribution in [0.3, 0.4) is 0 Å². The van der Waals surface area contributed by atoms with Gasteiger partial charge in [-0.25, -0.2) is 0 Å². The quantitative estimate of drug-likeness (QED) is 0.905. The zero-order valence-corrected chi connectivity index (χ0v) is 12.6. The SMILES string of the molecule is CC(C)(C)Nc1cncc(C(=O)NCc2cccnc2)c1. The molecule has 5 heteroatoms. The Bertz CT molecular complexity index is 605. The van der Waals surface area contributed by atoms with Gasteiger partial charge in [0.1, 0.15) is 0 Å². The van der Waals surface area contributed by atoms with Gasteiger partial charge in [0, 0.05) is 36.9 Å². The first kappa shape index (κ1) is 15.0. The predicted octanol–water partition coefficient (Wildman–Crippen LogP) is 2.62. The molecule has 2 rings (SSSR count). The van der Waals surface area contributed by atoms with Gasteiger partial charge in [-0.1, -0.05) is 6.07 Å². The molecule has 2 aromatic rings. The summed E-state index contributed by atoms with van der Waals surface area (Å²) < 4.78 is 0. The molecular weight excluding hydrogens is 264 g/mol. The smallest absolute Gasteiger partial charge is 0.253 e. The molecule has 0 atom stereocenters. The van der Waals surface area contributed by atoms with Crippen LogP contribution in [0.2, 0.25) is 0 Å². The van der Waals surface area contributed by atoms with Crippen LogP contribution >= 0.6 is 0 Å². The molecule has 0 aliphatic carbocycles. The van der Waals surface area contributed by atoms with E-state index in [1.165, 1.54) is 0 Å². The van der Waals surface area contributed by atoms with E-state index in [2.05, 4.69) is 41.4 Å². The Labute approximate surface area is 124 Å². The highest BCUT2D eigenvalue weighted by molar-refractivity contribution is 5.94. The molecule has 2 aromatic heterocycles. The fourth-order valence-electron chi connectivity index (χ4n) is 1.85. The van der Waals surface area contributed by atoms with Crippen molar-refractivity contribution in [3.05, 3.63) is 54.1 Å². The van der Waals surface area contributed by atoms with E-state index >= 15 is 0 Å². The van der Waals surface area contributed by atoms with E-state index in [4.69, 9.17) is 0 Å². The van der Waals surface area contributed by atoms with Crippen molar-refractivity contribution >= 4 is 11.6 Å². The van der Waals surface area contributed by atoms with Crippen molar-refractivity contribution in [2.45, 2.75) is 32.9 Å². The zero-order chi connectivity index (χ0) is 15.3. The standard InChI is InChI=1S/C16H20N4O/c1-16(2,3)20-14-7-13(10-18-11-14)15(21)19-9-12-5-4-6-17-8-12/h4-8,10-11,20H,9H2,1-3H3,(H,19,21). The van der Waals surface area contributed by atoms with Gasteiger partial charge in [0.2, 0.25) is 0 Å². The van der Waals surface area contributed by atoms with Crippen molar-refractivity contribution < 1.29 is 4.79 Å². The number of aromatic nitrogens is 2. The number of amides is 1. The molecule has 5 nitrogen and oxygen atoms in total. The highest BCUT2D eigenvalue weighted by Crippen LogP contribution is 2.14. The lowest BCUT2D eigenvalue weighted by Crippen LogP contribution is -2.27.